The van der Waals surface area contributed by atoms with Crippen LogP contribution >= 0.6 is 35.3 Å². The average molecular weight is 452 g/mol. The second-order valence-electron chi connectivity index (χ2n) is 5.65. The van der Waals surface area contributed by atoms with Crippen molar-refractivity contribution in [2.45, 2.75) is 27.3 Å². The number of rotatable bonds is 3. The summed E-state index contributed by atoms with van der Waals surface area (Å²) in [5.41, 5.74) is 1.06. The van der Waals surface area contributed by atoms with Crippen molar-refractivity contribution in [1.82, 2.24) is 15.2 Å². The maximum Gasteiger partial charge on any atom is 0.310 e. The van der Waals surface area contributed by atoms with Crippen molar-refractivity contribution in [3.8, 4) is 0 Å². The van der Waals surface area contributed by atoms with E-state index in [1.807, 2.05) is 13.8 Å². The summed E-state index contributed by atoms with van der Waals surface area (Å²) >= 11 is 1.70. The van der Waals surface area contributed by atoms with Gasteiger partial charge in [-0.25, -0.2) is 4.98 Å². The summed E-state index contributed by atoms with van der Waals surface area (Å²) in [6, 6.07) is 0. The quantitative estimate of drug-likeness (QED) is 0.330. The van der Waals surface area contributed by atoms with Gasteiger partial charge in [-0.05, 0) is 19.8 Å². The summed E-state index contributed by atoms with van der Waals surface area (Å²) in [4.78, 5) is 23.9. The van der Waals surface area contributed by atoms with Gasteiger partial charge in [-0.15, -0.1) is 35.3 Å². The van der Waals surface area contributed by atoms with E-state index in [1.165, 1.54) is 12.0 Å². The second kappa shape index (κ2) is 8.81. The molecule has 130 valence electrons. The van der Waals surface area contributed by atoms with Gasteiger partial charge in [0, 0.05) is 25.0 Å². The molecule has 2 heterocycles. The molecule has 23 heavy (non-hydrogen) atoms. The van der Waals surface area contributed by atoms with Crippen molar-refractivity contribution >= 4 is 47.2 Å². The van der Waals surface area contributed by atoms with Crippen molar-refractivity contribution < 1.29 is 9.53 Å². The Morgan fingerprint density at radius 3 is 2.70 bits per heavy atom. The largest absolute Gasteiger partial charge is 0.469 e. The second-order valence-corrected chi connectivity index (χ2v) is 6.94. The molecule has 0 saturated carbocycles. The van der Waals surface area contributed by atoms with Crippen molar-refractivity contribution in [3.05, 3.63) is 15.6 Å². The van der Waals surface area contributed by atoms with Crippen LogP contribution in [0.1, 0.15) is 22.5 Å². The fourth-order valence-corrected chi connectivity index (χ4v) is 3.70. The predicted molar refractivity (Wildman–Crippen MR) is 103 cm³/mol. The molecule has 8 heteroatoms. The zero-order chi connectivity index (χ0) is 16.3. The first-order valence-corrected chi connectivity index (χ1v) is 8.24. The van der Waals surface area contributed by atoms with Gasteiger partial charge < -0.3 is 15.0 Å². The van der Waals surface area contributed by atoms with Crippen LogP contribution in [0.5, 0.6) is 0 Å². The maximum atomic E-state index is 11.8. The predicted octanol–water partition coefficient (Wildman–Crippen LogP) is 2.19. The molecule has 1 N–H and O–H groups in total. The Morgan fingerprint density at radius 2 is 2.17 bits per heavy atom. The van der Waals surface area contributed by atoms with Crippen LogP contribution in [0.25, 0.3) is 0 Å². The number of nitrogens with one attached hydrogen (secondary N) is 1. The Morgan fingerprint density at radius 1 is 1.48 bits per heavy atom. The minimum Gasteiger partial charge on any atom is -0.469 e. The number of likely N-dealkylation sites (tertiary alicyclic amines) is 1. The molecule has 1 saturated heterocycles. The van der Waals surface area contributed by atoms with Gasteiger partial charge in [0.1, 0.15) is 0 Å². The molecule has 1 aromatic rings. The molecule has 0 radical (unpaired) electrons. The zero-order valence-corrected chi connectivity index (χ0v) is 17.4. The molecule has 2 rings (SSSR count). The zero-order valence-electron chi connectivity index (χ0n) is 14.3. The SMILES string of the molecule is CN=C(NCc1sc(C)nc1C)N1CC(C)C(C(=O)OC)C1.I. The van der Waals surface area contributed by atoms with E-state index in [1.54, 1.807) is 18.4 Å². The first-order valence-electron chi connectivity index (χ1n) is 7.42. The highest BCUT2D eigenvalue weighted by atomic mass is 127. The number of aromatic nitrogens is 1. The van der Waals surface area contributed by atoms with Crippen LogP contribution in [0.4, 0.5) is 0 Å². The summed E-state index contributed by atoms with van der Waals surface area (Å²) in [5.74, 6) is 0.859. The van der Waals surface area contributed by atoms with Crippen molar-refractivity contribution in [3.63, 3.8) is 0 Å². The third-order valence-electron chi connectivity index (χ3n) is 4.03. The number of aliphatic imine (C=N–C) groups is 1. The van der Waals surface area contributed by atoms with Gasteiger partial charge in [-0.1, -0.05) is 6.92 Å². The summed E-state index contributed by atoms with van der Waals surface area (Å²) in [7, 11) is 3.21. The normalized spacial score (nSPS) is 21.1. The molecule has 2 unspecified atom stereocenters. The molecule has 1 aliphatic heterocycles. The Bertz CT molecular complexity index is 576. The molecular formula is C15H25IN4O2S. The van der Waals surface area contributed by atoms with E-state index in [9.17, 15) is 4.79 Å². The van der Waals surface area contributed by atoms with Crippen molar-refractivity contribution in [1.29, 1.82) is 0 Å². The number of thiazole rings is 1. The van der Waals surface area contributed by atoms with Gasteiger partial charge in [0.25, 0.3) is 0 Å². The van der Waals surface area contributed by atoms with Gasteiger partial charge in [0.2, 0.25) is 0 Å². The van der Waals surface area contributed by atoms with Crippen LogP contribution in [-0.2, 0) is 16.1 Å². The van der Waals surface area contributed by atoms with E-state index < -0.39 is 0 Å². The van der Waals surface area contributed by atoms with Gasteiger partial charge in [-0.2, -0.15) is 0 Å². The summed E-state index contributed by atoms with van der Waals surface area (Å²) in [6.07, 6.45) is 0. The topological polar surface area (TPSA) is 66.8 Å². The van der Waals surface area contributed by atoms with Crippen LogP contribution < -0.4 is 5.32 Å². The third-order valence-corrected chi connectivity index (χ3v) is 5.11. The summed E-state index contributed by atoms with van der Waals surface area (Å²) < 4.78 is 4.88. The molecule has 0 amide bonds. The van der Waals surface area contributed by atoms with Gasteiger partial charge in [-0.3, -0.25) is 9.79 Å². The monoisotopic (exact) mass is 452 g/mol. The van der Waals surface area contributed by atoms with E-state index in [2.05, 4.69) is 27.1 Å². The van der Waals surface area contributed by atoms with E-state index >= 15 is 0 Å². The van der Waals surface area contributed by atoms with Gasteiger partial charge in [0.15, 0.2) is 5.96 Å². The number of ether oxygens (including phenoxy) is 1. The minimum absolute atomic E-state index is 0. The standard InChI is InChI=1S/C15H24N4O2S.HI/c1-9-7-19(8-12(9)14(20)21-5)15(16-4)17-6-13-10(2)18-11(3)22-13;/h9,12H,6-8H2,1-5H3,(H,16,17);1H. The molecule has 0 aliphatic carbocycles. The number of methoxy groups -OCH3 is 1. The maximum absolute atomic E-state index is 11.8. The van der Waals surface area contributed by atoms with Crippen LogP contribution in [-0.4, -0.2) is 49.1 Å². The smallest absolute Gasteiger partial charge is 0.310 e. The molecule has 1 aliphatic rings. The molecule has 0 bridgehead atoms. The number of aryl methyl sites for hydroxylation is 2. The average Bonchev–Trinajstić information content (AvgIpc) is 3.01. The molecule has 1 fully saturated rings. The number of carbonyl (C=O) groups is 1. The summed E-state index contributed by atoms with van der Waals surface area (Å²) in [6.45, 7) is 8.27. The lowest BCUT2D eigenvalue weighted by atomic mass is 9.99. The van der Waals surface area contributed by atoms with E-state index in [-0.39, 0.29) is 41.8 Å². The number of hydrogen-bond acceptors (Lipinski definition) is 5. The molecule has 0 spiro atoms. The van der Waals surface area contributed by atoms with Crippen molar-refractivity contribution in [2.75, 3.05) is 27.2 Å². The summed E-state index contributed by atoms with van der Waals surface area (Å²) in [5, 5.41) is 4.45. The molecule has 1 aromatic heterocycles. The number of hydrogen-bond donors (Lipinski definition) is 1. The fourth-order valence-electron chi connectivity index (χ4n) is 2.83. The first-order chi connectivity index (χ1) is 10.5. The highest BCUT2D eigenvalue weighted by Gasteiger charge is 2.36. The first kappa shape index (κ1) is 20.1. The Labute approximate surface area is 158 Å². The number of nitrogens with zero attached hydrogens (tertiary/aromatic N) is 3. The lowest BCUT2D eigenvalue weighted by Gasteiger charge is -2.21. The lowest BCUT2D eigenvalue weighted by Crippen LogP contribution is -2.40. The van der Waals surface area contributed by atoms with Crippen LogP contribution in [0.15, 0.2) is 4.99 Å². The van der Waals surface area contributed by atoms with Gasteiger partial charge >= 0.3 is 5.97 Å². The lowest BCUT2D eigenvalue weighted by molar-refractivity contribution is -0.145. The number of halogens is 1. The Hall–Kier alpha value is -0.900. The van der Waals surface area contributed by atoms with E-state index in [0.717, 1.165) is 23.2 Å². The number of carbonyl (C=O) groups excluding carboxylic acids is 1. The van der Waals surface area contributed by atoms with Crippen LogP contribution in [0.3, 0.4) is 0 Å². The minimum atomic E-state index is -0.139. The molecular weight excluding hydrogens is 427 g/mol. The highest BCUT2D eigenvalue weighted by molar-refractivity contribution is 14.0. The van der Waals surface area contributed by atoms with Crippen LogP contribution in [0, 0.1) is 25.7 Å². The third kappa shape index (κ3) is 4.79. The van der Waals surface area contributed by atoms with Crippen LogP contribution in [0.2, 0.25) is 0 Å². The molecule has 2 atom stereocenters. The fraction of sp³-hybridized carbons (Fsp3) is 0.667. The number of esters is 1. The van der Waals surface area contributed by atoms with Crippen molar-refractivity contribution in [2.24, 2.45) is 16.8 Å². The Kier molecular flexibility index (Phi) is 7.72. The highest BCUT2D eigenvalue weighted by Crippen LogP contribution is 2.24. The molecule has 0 aromatic carbocycles. The van der Waals surface area contributed by atoms with E-state index in [0.29, 0.717) is 13.1 Å². The van der Waals surface area contributed by atoms with E-state index in [4.69, 9.17) is 4.74 Å². The Balaban J connectivity index is 0.00000264. The molecule has 6 nitrogen and oxygen atoms in total. The van der Waals surface area contributed by atoms with Gasteiger partial charge in [0.05, 0.1) is 30.3 Å². The number of guanidine groups is 1.